The van der Waals surface area contributed by atoms with Crippen molar-refractivity contribution in [3.8, 4) is 5.75 Å². The lowest BCUT2D eigenvalue weighted by atomic mass is 9.66. The Hall–Kier alpha value is -1.55. The Labute approximate surface area is 132 Å². The van der Waals surface area contributed by atoms with Gasteiger partial charge < -0.3 is 14.7 Å². The van der Waals surface area contributed by atoms with Gasteiger partial charge in [-0.25, -0.2) is 0 Å². The zero-order valence-electron chi connectivity index (χ0n) is 13.4. The summed E-state index contributed by atoms with van der Waals surface area (Å²) in [5, 5.41) is 11.1. The fourth-order valence-corrected chi connectivity index (χ4v) is 4.33. The van der Waals surface area contributed by atoms with Gasteiger partial charge in [-0.1, -0.05) is 31.0 Å². The van der Waals surface area contributed by atoms with Gasteiger partial charge in [-0.3, -0.25) is 4.79 Å². The van der Waals surface area contributed by atoms with Crippen molar-refractivity contribution < 1.29 is 14.6 Å². The molecular formula is C18H25NO3. The van der Waals surface area contributed by atoms with E-state index >= 15 is 0 Å². The maximum absolute atomic E-state index is 12.2. The van der Waals surface area contributed by atoms with Gasteiger partial charge in [-0.15, -0.1) is 0 Å². The molecule has 3 atom stereocenters. The molecule has 1 amide bonds. The second-order valence-electron chi connectivity index (χ2n) is 6.61. The molecule has 2 aliphatic rings. The molecule has 1 heterocycles. The Kier molecular flexibility index (Phi) is 4.13. The molecule has 4 nitrogen and oxygen atoms in total. The van der Waals surface area contributed by atoms with E-state index in [1.54, 1.807) is 14.0 Å². The summed E-state index contributed by atoms with van der Waals surface area (Å²) in [6.45, 7) is 2.24. The zero-order chi connectivity index (χ0) is 15.7. The summed E-state index contributed by atoms with van der Waals surface area (Å²) in [7, 11) is 1.66. The molecule has 0 spiro atoms. The van der Waals surface area contributed by atoms with Crippen molar-refractivity contribution >= 4 is 5.91 Å². The average molecular weight is 303 g/mol. The average Bonchev–Trinajstić information content (AvgIpc) is 2.53. The summed E-state index contributed by atoms with van der Waals surface area (Å²) in [5.74, 6) is 0.965. The van der Waals surface area contributed by atoms with Gasteiger partial charge in [0.15, 0.2) is 0 Å². The van der Waals surface area contributed by atoms with Crippen LogP contribution in [-0.2, 0) is 4.79 Å². The molecule has 22 heavy (non-hydrogen) atoms. The first kappa shape index (κ1) is 15.3. The summed E-state index contributed by atoms with van der Waals surface area (Å²) in [6, 6.07) is 7.79. The maximum Gasteiger partial charge on any atom is 0.219 e. The van der Waals surface area contributed by atoms with Crippen molar-refractivity contribution in [2.24, 2.45) is 5.92 Å². The van der Waals surface area contributed by atoms with Crippen LogP contribution in [0.25, 0.3) is 0 Å². The number of fused-ring (bicyclic) bond motifs is 1. The molecule has 4 heteroatoms. The van der Waals surface area contributed by atoms with E-state index in [2.05, 4.69) is 0 Å². The van der Waals surface area contributed by atoms with Crippen molar-refractivity contribution in [3.05, 3.63) is 29.8 Å². The predicted molar refractivity (Wildman–Crippen MR) is 84.6 cm³/mol. The number of piperidine rings is 1. The SMILES string of the molecule is COc1ccccc1[C@H]1[C@@H]2CCCC[C@@]2(O)CCN1C(C)=O. The van der Waals surface area contributed by atoms with Crippen LogP contribution in [0.2, 0.25) is 0 Å². The molecule has 0 aromatic heterocycles. The van der Waals surface area contributed by atoms with Crippen LogP contribution in [0.4, 0.5) is 0 Å². The molecule has 3 rings (SSSR count). The molecule has 1 aromatic carbocycles. The van der Waals surface area contributed by atoms with Crippen LogP contribution in [0.3, 0.4) is 0 Å². The van der Waals surface area contributed by atoms with Crippen molar-refractivity contribution in [1.82, 2.24) is 4.90 Å². The highest BCUT2D eigenvalue weighted by atomic mass is 16.5. The Balaban J connectivity index is 2.06. The van der Waals surface area contributed by atoms with Gasteiger partial charge in [0.05, 0.1) is 18.8 Å². The third-order valence-corrected chi connectivity index (χ3v) is 5.43. The molecule has 0 bridgehead atoms. The van der Waals surface area contributed by atoms with Crippen LogP contribution in [0.1, 0.15) is 50.6 Å². The number of benzene rings is 1. The van der Waals surface area contributed by atoms with Crippen molar-refractivity contribution in [2.75, 3.05) is 13.7 Å². The highest BCUT2D eigenvalue weighted by molar-refractivity contribution is 5.74. The quantitative estimate of drug-likeness (QED) is 0.914. The largest absolute Gasteiger partial charge is 0.496 e. The number of amides is 1. The molecule has 2 fully saturated rings. The van der Waals surface area contributed by atoms with Gasteiger partial charge in [-0.05, 0) is 25.3 Å². The van der Waals surface area contributed by atoms with E-state index in [1.165, 1.54) is 0 Å². The second-order valence-corrected chi connectivity index (χ2v) is 6.61. The first-order valence-electron chi connectivity index (χ1n) is 8.19. The summed E-state index contributed by atoms with van der Waals surface area (Å²) in [5.41, 5.74) is 0.376. The second kappa shape index (κ2) is 5.92. The van der Waals surface area contributed by atoms with Crippen molar-refractivity contribution in [1.29, 1.82) is 0 Å². The first-order valence-corrected chi connectivity index (χ1v) is 8.19. The fourth-order valence-electron chi connectivity index (χ4n) is 4.33. The van der Waals surface area contributed by atoms with Crippen LogP contribution < -0.4 is 4.74 Å². The smallest absolute Gasteiger partial charge is 0.219 e. The van der Waals surface area contributed by atoms with E-state index in [4.69, 9.17) is 4.74 Å². The van der Waals surface area contributed by atoms with Crippen LogP contribution in [0.15, 0.2) is 24.3 Å². The Morgan fingerprint density at radius 1 is 1.32 bits per heavy atom. The number of carbonyl (C=O) groups is 1. The van der Waals surface area contributed by atoms with Gasteiger partial charge in [0.2, 0.25) is 5.91 Å². The Morgan fingerprint density at radius 3 is 2.82 bits per heavy atom. The van der Waals surface area contributed by atoms with Gasteiger partial charge in [0.25, 0.3) is 0 Å². The highest BCUT2D eigenvalue weighted by Gasteiger charge is 2.50. The van der Waals surface area contributed by atoms with Crippen molar-refractivity contribution in [2.45, 2.75) is 50.7 Å². The number of ether oxygens (including phenoxy) is 1. The molecule has 0 unspecified atom stereocenters. The maximum atomic E-state index is 12.2. The molecule has 0 radical (unpaired) electrons. The van der Waals surface area contributed by atoms with E-state index in [-0.39, 0.29) is 17.9 Å². The summed E-state index contributed by atoms with van der Waals surface area (Å²) in [4.78, 5) is 14.1. The van der Waals surface area contributed by atoms with E-state index in [1.807, 2.05) is 29.2 Å². The fraction of sp³-hybridized carbons (Fsp3) is 0.611. The number of likely N-dealkylation sites (tertiary alicyclic amines) is 1. The molecule has 120 valence electrons. The lowest BCUT2D eigenvalue weighted by molar-refractivity contribution is -0.153. The van der Waals surface area contributed by atoms with Crippen LogP contribution >= 0.6 is 0 Å². The molecule has 1 aliphatic heterocycles. The Bertz CT molecular complexity index is 559. The predicted octanol–water partition coefficient (Wildman–Crippen LogP) is 2.91. The zero-order valence-corrected chi connectivity index (χ0v) is 13.4. The third-order valence-electron chi connectivity index (χ3n) is 5.43. The number of hydrogen-bond donors (Lipinski definition) is 1. The molecule has 1 aliphatic carbocycles. The first-order chi connectivity index (χ1) is 10.6. The van der Waals surface area contributed by atoms with Gasteiger partial charge in [0, 0.05) is 24.9 Å². The van der Waals surface area contributed by atoms with Gasteiger partial charge >= 0.3 is 0 Å². The molecule has 1 aromatic rings. The Morgan fingerprint density at radius 2 is 2.09 bits per heavy atom. The monoisotopic (exact) mass is 303 g/mol. The number of para-hydroxylation sites is 1. The van der Waals surface area contributed by atoms with Crippen LogP contribution in [0.5, 0.6) is 5.75 Å². The third kappa shape index (κ3) is 2.50. The standard InChI is InChI=1S/C18H25NO3/c1-13(20)19-12-11-18(21)10-6-5-8-15(18)17(19)14-7-3-4-9-16(14)22-2/h3-4,7,9,15,17,21H,5-6,8,10-12H2,1-2H3/t15-,17-,18+/m0/s1. The molecular weight excluding hydrogens is 278 g/mol. The number of rotatable bonds is 2. The van der Waals surface area contributed by atoms with E-state index < -0.39 is 5.60 Å². The molecule has 1 saturated carbocycles. The highest BCUT2D eigenvalue weighted by Crippen LogP contribution is 2.50. The van der Waals surface area contributed by atoms with Crippen LogP contribution in [0, 0.1) is 5.92 Å². The van der Waals surface area contributed by atoms with E-state index in [0.717, 1.165) is 37.0 Å². The number of aliphatic hydroxyl groups is 1. The number of hydrogen-bond acceptors (Lipinski definition) is 3. The lowest BCUT2D eigenvalue weighted by Gasteiger charge is -2.52. The van der Waals surface area contributed by atoms with E-state index in [9.17, 15) is 9.90 Å². The number of nitrogens with zero attached hydrogens (tertiary/aromatic N) is 1. The summed E-state index contributed by atoms with van der Waals surface area (Å²) >= 11 is 0. The van der Waals surface area contributed by atoms with Crippen molar-refractivity contribution in [3.63, 3.8) is 0 Å². The van der Waals surface area contributed by atoms with Gasteiger partial charge in [0.1, 0.15) is 5.75 Å². The summed E-state index contributed by atoms with van der Waals surface area (Å²) < 4.78 is 5.52. The van der Waals surface area contributed by atoms with E-state index in [0.29, 0.717) is 13.0 Å². The van der Waals surface area contributed by atoms with Crippen LogP contribution in [-0.4, -0.2) is 35.2 Å². The minimum absolute atomic E-state index is 0.0727. The topological polar surface area (TPSA) is 49.8 Å². The summed E-state index contributed by atoms with van der Waals surface area (Å²) in [6.07, 6.45) is 4.68. The lowest BCUT2D eigenvalue weighted by Crippen LogP contribution is -2.55. The number of methoxy groups -OCH3 is 1. The number of carbonyl (C=O) groups excluding carboxylic acids is 1. The molecule has 1 saturated heterocycles. The normalized spacial score (nSPS) is 31.5. The minimum atomic E-state index is -0.643. The minimum Gasteiger partial charge on any atom is -0.496 e. The molecule has 1 N–H and O–H groups in total. The van der Waals surface area contributed by atoms with Gasteiger partial charge in [-0.2, -0.15) is 0 Å².